The Morgan fingerprint density at radius 1 is 1.16 bits per heavy atom. The highest BCUT2D eigenvalue weighted by molar-refractivity contribution is 8.18. The Balaban J connectivity index is 1.49. The summed E-state index contributed by atoms with van der Waals surface area (Å²) in [5.41, 5.74) is 1.49. The number of methoxy groups -OCH3 is 1. The number of amides is 3. The Kier molecular flexibility index (Phi) is 7.19. The SMILES string of the molecule is COc1cccc(/C=C2/SC(=O)N(CCC(=O)NCCc3ccc(O)c(O)c3)C2=O)c1. The molecule has 3 rings (SSSR count). The number of benzene rings is 2. The van der Waals surface area contributed by atoms with Crippen molar-refractivity contribution in [2.45, 2.75) is 12.8 Å². The van der Waals surface area contributed by atoms with Gasteiger partial charge in [-0.15, -0.1) is 0 Å². The predicted molar refractivity (Wildman–Crippen MR) is 117 cm³/mol. The molecule has 1 fully saturated rings. The molecule has 0 unspecified atom stereocenters. The number of phenols is 2. The van der Waals surface area contributed by atoms with Crippen LogP contribution in [0.15, 0.2) is 47.4 Å². The highest BCUT2D eigenvalue weighted by Crippen LogP contribution is 2.32. The van der Waals surface area contributed by atoms with Crippen LogP contribution in [0.4, 0.5) is 4.79 Å². The van der Waals surface area contributed by atoms with Crippen LogP contribution < -0.4 is 10.1 Å². The predicted octanol–water partition coefficient (Wildman–Crippen LogP) is 2.89. The highest BCUT2D eigenvalue weighted by Gasteiger charge is 2.35. The maximum absolute atomic E-state index is 12.6. The molecule has 2 aromatic carbocycles. The number of ether oxygens (including phenoxy) is 1. The summed E-state index contributed by atoms with van der Waals surface area (Å²) in [6, 6.07) is 11.6. The van der Waals surface area contributed by atoms with Crippen LogP contribution in [0.1, 0.15) is 17.5 Å². The molecule has 1 aliphatic rings. The van der Waals surface area contributed by atoms with Crippen molar-refractivity contribution in [3.63, 3.8) is 0 Å². The Hall–Kier alpha value is -3.46. The molecule has 0 atom stereocenters. The fraction of sp³-hybridized carbons (Fsp3) is 0.227. The second-order valence-corrected chi connectivity index (χ2v) is 7.78. The number of hydrogen-bond donors (Lipinski definition) is 3. The van der Waals surface area contributed by atoms with E-state index in [4.69, 9.17) is 4.74 Å². The van der Waals surface area contributed by atoms with Gasteiger partial charge in [0.05, 0.1) is 12.0 Å². The molecule has 1 aliphatic heterocycles. The average Bonchev–Trinajstić information content (AvgIpc) is 3.01. The van der Waals surface area contributed by atoms with E-state index in [-0.39, 0.29) is 30.4 Å². The molecule has 0 aliphatic carbocycles. The van der Waals surface area contributed by atoms with Crippen LogP contribution in [0.5, 0.6) is 17.2 Å². The van der Waals surface area contributed by atoms with Crippen molar-refractivity contribution in [3.05, 3.63) is 58.5 Å². The van der Waals surface area contributed by atoms with Gasteiger partial charge < -0.3 is 20.3 Å². The van der Waals surface area contributed by atoms with Crippen LogP contribution in [0.2, 0.25) is 0 Å². The number of nitrogens with zero attached hydrogens (tertiary/aromatic N) is 1. The van der Waals surface area contributed by atoms with Crippen LogP contribution in [-0.4, -0.2) is 52.4 Å². The molecule has 0 bridgehead atoms. The molecule has 0 aromatic heterocycles. The van der Waals surface area contributed by atoms with Crippen LogP contribution in [-0.2, 0) is 16.0 Å². The number of aromatic hydroxyl groups is 2. The van der Waals surface area contributed by atoms with Gasteiger partial charge in [-0.25, -0.2) is 0 Å². The molecule has 0 spiro atoms. The lowest BCUT2D eigenvalue weighted by molar-refractivity contribution is -0.124. The second-order valence-electron chi connectivity index (χ2n) is 6.78. The lowest BCUT2D eigenvalue weighted by Gasteiger charge is -2.12. The van der Waals surface area contributed by atoms with Gasteiger partial charge >= 0.3 is 0 Å². The van der Waals surface area contributed by atoms with Crippen LogP contribution in [0.25, 0.3) is 6.08 Å². The van der Waals surface area contributed by atoms with Crippen molar-refractivity contribution in [3.8, 4) is 17.2 Å². The minimum atomic E-state index is -0.426. The van der Waals surface area contributed by atoms with E-state index in [0.29, 0.717) is 23.6 Å². The molecule has 2 aromatic rings. The Morgan fingerprint density at radius 3 is 2.71 bits per heavy atom. The van der Waals surface area contributed by atoms with E-state index in [1.54, 1.807) is 43.5 Å². The second kappa shape index (κ2) is 10.0. The Morgan fingerprint density at radius 2 is 1.97 bits per heavy atom. The first-order valence-corrected chi connectivity index (χ1v) is 10.4. The molecular weight excluding hydrogens is 420 g/mol. The third-order valence-electron chi connectivity index (χ3n) is 4.60. The van der Waals surface area contributed by atoms with Gasteiger partial charge in [0, 0.05) is 19.5 Å². The first-order chi connectivity index (χ1) is 14.9. The van der Waals surface area contributed by atoms with Gasteiger partial charge in [0.25, 0.3) is 11.1 Å². The maximum Gasteiger partial charge on any atom is 0.293 e. The molecule has 162 valence electrons. The average molecular weight is 442 g/mol. The van der Waals surface area contributed by atoms with Crippen molar-refractivity contribution < 1.29 is 29.3 Å². The summed E-state index contributed by atoms with van der Waals surface area (Å²) in [5, 5.41) is 21.1. The fourth-order valence-corrected chi connectivity index (χ4v) is 3.81. The lowest BCUT2D eigenvalue weighted by atomic mass is 10.1. The number of nitrogens with one attached hydrogen (secondary N) is 1. The normalized spacial score (nSPS) is 14.9. The zero-order valence-electron chi connectivity index (χ0n) is 16.8. The minimum Gasteiger partial charge on any atom is -0.504 e. The van der Waals surface area contributed by atoms with E-state index in [1.807, 2.05) is 0 Å². The zero-order valence-corrected chi connectivity index (χ0v) is 17.6. The van der Waals surface area contributed by atoms with Crippen LogP contribution >= 0.6 is 11.8 Å². The molecule has 0 saturated carbocycles. The van der Waals surface area contributed by atoms with Crippen molar-refractivity contribution >= 4 is 34.9 Å². The van der Waals surface area contributed by atoms with E-state index >= 15 is 0 Å². The van der Waals surface area contributed by atoms with E-state index in [0.717, 1.165) is 27.8 Å². The smallest absolute Gasteiger partial charge is 0.293 e. The monoisotopic (exact) mass is 442 g/mol. The van der Waals surface area contributed by atoms with Crippen molar-refractivity contribution in [2.24, 2.45) is 0 Å². The van der Waals surface area contributed by atoms with Crippen molar-refractivity contribution in [1.29, 1.82) is 0 Å². The van der Waals surface area contributed by atoms with Gasteiger partial charge in [0.1, 0.15) is 5.75 Å². The van der Waals surface area contributed by atoms with E-state index < -0.39 is 11.1 Å². The third kappa shape index (κ3) is 5.79. The Bertz CT molecular complexity index is 1040. The van der Waals surface area contributed by atoms with E-state index in [1.165, 1.54) is 12.1 Å². The Labute approximate surface area is 183 Å². The molecular formula is C22H22N2O6S. The molecule has 3 amide bonds. The number of phenolic OH excluding ortho intramolecular Hbond substituents is 2. The quantitative estimate of drug-likeness (QED) is 0.425. The number of rotatable bonds is 8. The first kappa shape index (κ1) is 22.2. The van der Waals surface area contributed by atoms with E-state index in [9.17, 15) is 24.6 Å². The van der Waals surface area contributed by atoms with Gasteiger partial charge in [0.2, 0.25) is 5.91 Å². The van der Waals surface area contributed by atoms with Gasteiger partial charge in [-0.1, -0.05) is 18.2 Å². The summed E-state index contributed by atoms with van der Waals surface area (Å²) in [5.74, 6) is -0.494. The molecule has 0 radical (unpaired) electrons. The molecule has 1 saturated heterocycles. The molecule has 31 heavy (non-hydrogen) atoms. The number of thioether (sulfide) groups is 1. The van der Waals surface area contributed by atoms with Crippen molar-refractivity contribution in [1.82, 2.24) is 10.2 Å². The number of imide groups is 1. The standard InChI is InChI=1S/C22H22N2O6S/c1-30-16-4-2-3-15(11-16)13-19-21(28)24(22(29)31-19)10-8-20(27)23-9-7-14-5-6-17(25)18(26)12-14/h2-6,11-13,25-26H,7-10H2,1H3,(H,23,27)/b19-13+. The summed E-state index contributed by atoms with van der Waals surface area (Å²) in [7, 11) is 1.55. The van der Waals surface area contributed by atoms with Gasteiger partial charge in [-0.2, -0.15) is 0 Å². The summed E-state index contributed by atoms with van der Waals surface area (Å²) in [4.78, 5) is 38.2. The molecule has 8 nitrogen and oxygen atoms in total. The number of hydrogen-bond acceptors (Lipinski definition) is 7. The fourth-order valence-electron chi connectivity index (χ4n) is 2.95. The van der Waals surface area contributed by atoms with Gasteiger partial charge in [-0.05, 0) is 59.7 Å². The zero-order chi connectivity index (χ0) is 22.4. The summed E-state index contributed by atoms with van der Waals surface area (Å²) >= 11 is 0.841. The molecule has 3 N–H and O–H groups in total. The lowest BCUT2D eigenvalue weighted by Crippen LogP contribution is -2.34. The third-order valence-corrected chi connectivity index (χ3v) is 5.51. The minimum absolute atomic E-state index is 0.00799. The number of carbonyl (C=O) groups excluding carboxylic acids is 3. The first-order valence-electron chi connectivity index (χ1n) is 9.54. The van der Waals surface area contributed by atoms with Crippen LogP contribution in [0, 0.1) is 0 Å². The molecule has 9 heteroatoms. The van der Waals surface area contributed by atoms with Gasteiger partial charge in [-0.3, -0.25) is 19.3 Å². The van der Waals surface area contributed by atoms with Crippen LogP contribution in [0.3, 0.4) is 0 Å². The summed E-state index contributed by atoms with van der Waals surface area (Å²) < 4.78 is 5.16. The van der Waals surface area contributed by atoms with Gasteiger partial charge in [0.15, 0.2) is 11.5 Å². The largest absolute Gasteiger partial charge is 0.504 e. The number of carbonyl (C=O) groups is 3. The topological polar surface area (TPSA) is 116 Å². The summed E-state index contributed by atoms with van der Waals surface area (Å²) in [6.07, 6.45) is 2.08. The maximum atomic E-state index is 12.6. The summed E-state index contributed by atoms with van der Waals surface area (Å²) in [6.45, 7) is 0.312. The molecule has 1 heterocycles. The van der Waals surface area contributed by atoms with E-state index in [2.05, 4.69) is 5.32 Å². The van der Waals surface area contributed by atoms with Crippen molar-refractivity contribution in [2.75, 3.05) is 20.2 Å². The highest BCUT2D eigenvalue weighted by atomic mass is 32.2.